The first-order chi connectivity index (χ1) is 14.2. The van der Waals surface area contributed by atoms with Crippen LogP contribution < -0.4 is 0 Å². The fourth-order valence-electron chi connectivity index (χ4n) is 3.02. The summed E-state index contributed by atoms with van der Waals surface area (Å²) in [5.74, 6) is -0.0364. The molecule has 3 aromatic carbocycles. The van der Waals surface area contributed by atoms with Crippen LogP contribution in [0.15, 0.2) is 94.8 Å². The normalized spacial score (nSPS) is 16.7. The van der Waals surface area contributed by atoms with Crippen LogP contribution in [0, 0.1) is 0 Å². The Kier molecular flexibility index (Phi) is 6.13. The Labute approximate surface area is 179 Å². The van der Waals surface area contributed by atoms with Crippen LogP contribution in [0.25, 0.3) is 6.08 Å². The number of thioether (sulfide) groups is 1. The summed E-state index contributed by atoms with van der Waals surface area (Å²) in [6, 6.07) is 27.5. The molecule has 0 bridgehead atoms. The molecule has 0 aromatic heterocycles. The largest absolute Gasteiger partial charge is 0.282 e. The molecule has 1 aliphatic rings. The lowest BCUT2D eigenvalue weighted by atomic mass is 10.2. The number of nitrogens with zero attached hydrogens (tertiary/aromatic N) is 2. The minimum absolute atomic E-state index is 0.0364. The quantitative estimate of drug-likeness (QED) is 0.475. The highest BCUT2D eigenvalue weighted by Gasteiger charge is 2.33. The van der Waals surface area contributed by atoms with E-state index in [0.717, 1.165) is 21.9 Å². The van der Waals surface area contributed by atoms with E-state index in [1.54, 1.807) is 4.90 Å². The summed E-state index contributed by atoms with van der Waals surface area (Å²) < 4.78 is 0. The number of aliphatic imine (C=N–C) groups is 1. The standard InChI is InChI=1S/C24H19ClN2OS/c25-21-13-7-12-20(14-21)15-22-23(28)27(17-19-10-5-2-6-11-19)24(29-22)26-16-18-8-3-1-4-9-18/h1-15H,16-17H2/b22-15-,26-24?. The molecular weight excluding hydrogens is 400 g/mol. The third-order valence-corrected chi connectivity index (χ3v) is 5.74. The van der Waals surface area contributed by atoms with Crippen LogP contribution in [0.4, 0.5) is 0 Å². The highest BCUT2D eigenvalue weighted by molar-refractivity contribution is 8.18. The minimum Gasteiger partial charge on any atom is -0.282 e. The zero-order chi connectivity index (χ0) is 20.1. The molecule has 3 aromatic rings. The number of hydrogen-bond donors (Lipinski definition) is 0. The Bertz CT molecular complexity index is 1060. The second-order valence-electron chi connectivity index (χ2n) is 6.63. The highest BCUT2D eigenvalue weighted by atomic mass is 35.5. The van der Waals surface area contributed by atoms with E-state index in [1.807, 2.05) is 91.0 Å². The molecule has 1 saturated heterocycles. The van der Waals surface area contributed by atoms with Crippen LogP contribution in [0.1, 0.15) is 16.7 Å². The van der Waals surface area contributed by atoms with Crippen molar-refractivity contribution in [2.45, 2.75) is 13.1 Å². The summed E-state index contributed by atoms with van der Waals surface area (Å²) in [4.78, 5) is 20.3. The van der Waals surface area contributed by atoms with E-state index in [9.17, 15) is 4.79 Å². The molecule has 0 spiro atoms. The van der Waals surface area contributed by atoms with E-state index in [-0.39, 0.29) is 5.91 Å². The Balaban J connectivity index is 1.63. The maximum Gasteiger partial charge on any atom is 0.267 e. The molecule has 1 aliphatic heterocycles. The Morgan fingerprint density at radius 3 is 2.28 bits per heavy atom. The topological polar surface area (TPSA) is 32.7 Å². The van der Waals surface area contributed by atoms with Crippen molar-refractivity contribution in [3.63, 3.8) is 0 Å². The molecule has 1 fully saturated rings. The van der Waals surface area contributed by atoms with E-state index >= 15 is 0 Å². The van der Waals surface area contributed by atoms with Gasteiger partial charge in [0.15, 0.2) is 5.17 Å². The predicted octanol–water partition coefficient (Wildman–Crippen LogP) is 6.01. The van der Waals surface area contributed by atoms with E-state index in [2.05, 4.69) is 0 Å². The summed E-state index contributed by atoms with van der Waals surface area (Å²) in [7, 11) is 0. The first-order valence-corrected chi connectivity index (χ1v) is 10.5. The van der Waals surface area contributed by atoms with Gasteiger partial charge in [-0.05, 0) is 46.7 Å². The van der Waals surface area contributed by atoms with E-state index in [1.165, 1.54) is 11.8 Å². The van der Waals surface area contributed by atoms with Crippen molar-refractivity contribution >= 4 is 40.5 Å². The van der Waals surface area contributed by atoms with Gasteiger partial charge in [-0.15, -0.1) is 0 Å². The van der Waals surface area contributed by atoms with Crippen LogP contribution >= 0.6 is 23.4 Å². The van der Waals surface area contributed by atoms with E-state index in [0.29, 0.717) is 23.0 Å². The van der Waals surface area contributed by atoms with E-state index in [4.69, 9.17) is 16.6 Å². The second kappa shape index (κ2) is 9.12. The summed E-state index contributed by atoms with van der Waals surface area (Å²) in [6.45, 7) is 1.03. The van der Waals surface area contributed by atoms with Crippen LogP contribution in [-0.2, 0) is 17.9 Å². The first-order valence-electron chi connectivity index (χ1n) is 9.28. The van der Waals surface area contributed by atoms with Gasteiger partial charge >= 0.3 is 0 Å². The molecule has 1 amide bonds. The number of rotatable bonds is 5. The van der Waals surface area contributed by atoms with Crippen molar-refractivity contribution in [1.29, 1.82) is 0 Å². The van der Waals surface area contributed by atoms with Crippen molar-refractivity contribution in [2.24, 2.45) is 4.99 Å². The van der Waals surface area contributed by atoms with Crippen LogP contribution in [-0.4, -0.2) is 16.0 Å². The SMILES string of the molecule is O=C1/C(=C/c2cccc(Cl)c2)SC(=NCc2ccccc2)N1Cc1ccccc1. The summed E-state index contributed by atoms with van der Waals surface area (Å²) >= 11 is 7.50. The summed E-state index contributed by atoms with van der Waals surface area (Å²) in [5, 5.41) is 1.37. The van der Waals surface area contributed by atoms with E-state index < -0.39 is 0 Å². The Hall–Kier alpha value is -2.82. The number of benzene rings is 3. The Morgan fingerprint density at radius 2 is 1.59 bits per heavy atom. The predicted molar refractivity (Wildman–Crippen MR) is 122 cm³/mol. The molecule has 0 N–H and O–H groups in total. The van der Waals surface area contributed by atoms with Crippen molar-refractivity contribution in [3.8, 4) is 0 Å². The maximum atomic E-state index is 13.1. The minimum atomic E-state index is -0.0364. The van der Waals surface area contributed by atoms with Crippen LogP contribution in [0.5, 0.6) is 0 Å². The van der Waals surface area contributed by atoms with Crippen LogP contribution in [0.2, 0.25) is 5.02 Å². The van der Waals surface area contributed by atoms with Gasteiger partial charge in [0, 0.05) is 5.02 Å². The van der Waals surface area contributed by atoms with Crippen molar-refractivity contribution in [3.05, 3.63) is 112 Å². The monoisotopic (exact) mass is 418 g/mol. The molecule has 144 valence electrons. The number of carbonyl (C=O) groups excluding carboxylic acids is 1. The van der Waals surface area contributed by atoms with Crippen molar-refractivity contribution in [2.75, 3.05) is 0 Å². The smallest absolute Gasteiger partial charge is 0.267 e. The zero-order valence-electron chi connectivity index (χ0n) is 15.7. The molecule has 1 heterocycles. The summed E-state index contributed by atoms with van der Waals surface area (Å²) in [6.07, 6.45) is 1.88. The van der Waals surface area contributed by atoms with Gasteiger partial charge in [0.1, 0.15) is 0 Å². The average Bonchev–Trinajstić information content (AvgIpc) is 3.03. The molecule has 29 heavy (non-hydrogen) atoms. The highest BCUT2D eigenvalue weighted by Crippen LogP contribution is 2.34. The van der Waals surface area contributed by atoms with Gasteiger partial charge in [0.05, 0.1) is 18.0 Å². The second-order valence-corrected chi connectivity index (χ2v) is 8.07. The molecule has 4 rings (SSSR count). The fraction of sp³-hybridized carbons (Fsp3) is 0.0833. The fourth-order valence-corrected chi connectivity index (χ4v) is 4.20. The van der Waals surface area contributed by atoms with Crippen molar-refractivity contribution < 1.29 is 4.79 Å². The number of amidine groups is 1. The summed E-state index contributed by atoms with van der Waals surface area (Å²) in [5.41, 5.74) is 3.08. The zero-order valence-corrected chi connectivity index (χ0v) is 17.2. The third kappa shape index (κ3) is 4.97. The molecule has 0 saturated carbocycles. The van der Waals surface area contributed by atoms with Crippen molar-refractivity contribution in [1.82, 2.24) is 4.90 Å². The van der Waals surface area contributed by atoms with Gasteiger partial charge in [0.25, 0.3) is 5.91 Å². The van der Waals surface area contributed by atoms with Gasteiger partial charge in [0.2, 0.25) is 0 Å². The number of carbonyl (C=O) groups is 1. The lowest BCUT2D eigenvalue weighted by Crippen LogP contribution is -2.28. The van der Waals surface area contributed by atoms with Gasteiger partial charge < -0.3 is 0 Å². The van der Waals surface area contributed by atoms with Gasteiger partial charge in [-0.25, -0.2) is 0 Å². The molecule has 0 radical (unpaired) electrons. The number of halogens is 1. The molecule has 0 unspecified atom stereocenters. The van der Waals surface area contributed by atoms with Gasteiger partial charge in [-0.2, -0.15) is 0 Å². The molecular formula is C24H19ClN2OS. The number of amides is 1. The average molecular weight is 419 g/mol. The van der Waals surface area contributed by atoms with Crippen LogP contribution in [0.3, 0.4) is 0 Å². The molecule has 0 aliphatic carbocycles. The molecule has 0 atom stereocenters. The maximum absolute atomic E-state index is 13.1. The Morgan fingerprint density at radius 1 is 0.897 bits per heavy atom. The molecule has 3 nitrogen and oxygen atoms in total. The van der Waals surface area contributed by atoms with Gasteiger partial charge in [-0.3, -0.25) is 14.7 Å². The third-order valence-electron chi connectivity index (χ3n) is 4.46. The molecule has 5 heteroatoms. The lowest BCUT2D eigenvalue weighted by Gasteiger charge is -2.15. The van der Waals surface area contributed by atoms with Gasteiger partial charge in [-0.1, -0.05) is 84.4 Å². The lowest BCUT2D eigenvalue weighted by molar-refractivity contribution is -0.122. The number of hydrogen-bond acceptors (Lipinski definition) is 3. The first kappa shape index (κ1) is 19.5.